The minimum atomic E-state index is -1.01. The second kappa shape index (κ2) is 13.0. The predicted molar refractivity (Wildman–Crippen MR) is 132 cm³/mol. The molecule has 0 saturated heterocycles. The molecule has 8 heteroatoms. The van der Waals surface area contributed by atoms with Crippen molar-refractivity contribution < 1.29 is 19.1 Å². The summed E-state index contributed by atoms with van der Waals surface area (Å²) in [4.78, 5) is 40.9. The molecule has 34 heavy (non-hydrogen) atoms. The van der Waals surface area contributed by atoms with Crippen molar-refractivity contribution in [1.82, 2.24) is 15.5 Å². The molecule has 0 bridgehead atoms. The van der Waals surface area contributed by atoms with Crippen molar-refractivity contribution in [1.29, 1.82) is 5.26 Å². The van der Waals surface area contributed by atoms with E-state index < -0.39 is 29.7 Å². The first-order valence-electron chi connectivity index (χ1n) is 11.8. The molecule has 2 N–H and O–H groups in total. The second-order valence-electron chi connectivity index (χ2n) is 9.84. The van der Waals surface area contributed by atoms with Crippen LogP contribution in [-0.2, 0) is 14.3 Å². The summed E-state index contributed by atoms with van der Waals surface area (Å²) in [7, 11) is 0. The average molecular weight is 473 g/mol. The van der Waals surface area contributed by atoms with E-state index in [-0.39, 0.29) is 18.4 Å². The summed E-state index contributed by atoms with van der Waals surface area (Å²) in [5, 5.41) is 15.1. The quantitative estimate of drug-likeness (QED) is 0.392. The highest BCUT2D eigenvalue weighted by Gasteiger charge is 2.38. The number of amides is 3. The van der Waals surface area contributed by atoms with Crippen LogP contribution in [0.5, 0.6) is 0 Å². The Balaban J connectivity index is 3.47. The first-order valence-corrected chi connectivity index (χ1v) is 11.8. The minimum Gasteiger partial charge on any atom is -0.444 e. The van der Waals surface area contributed by atoms with Crippen LogP contribution in [0.4, 0.5) is 4.79 Å². The Labute approximate surface area is 204 Å². The van der Waals surface area contributed by atoms with Crippen LogP contribution < -0.4 is 10.6 Å². The Morgan fingerprint density at radius 2 is 1.74 bits per heavy atom. The zero-order valence-electron chi connectivity index (χ0n) is 21.8. The molecular weight excluding hydrogens is 432 g/mol. The number of rotatable bonds is 10. The predicted octanol–water partition coefficient (Wildman–Crippen LogP) is 4.16. The Morgan fingerprint density at radius 3 is 2.21 bits per heavy atom. The van der Waals surface area contributed by atoms with Gasteiger partial charge in [-0.3, -0.25) is 9.59 Å². The third-order valence-electron chi connectivity index (χ3n) is 5.33. The lowest BCUT2D eigenvalue weighted by Gasteiger charge is -2.35. The lowest BCUT2D eigenvalue weighted by molar-refractivity contribution is -0.142. The van der Waals surface area contributed by atoms with Gasteiger partial charge in [0.05, 0.1) is 6.07 Å². The summed E-state index contributed by atoms with van der Waals surface area (Å²) >= 11 is 0. The maximum Gasteiger partial charge on any atom is 0.408 e. The number of nitriles is 1. The maximum atomic E-state index is 13.8. The third-order valence-corrected chi connectivity index (χ3v) is 5.33. The van der Waals surface area contributed by atoms with Crippen LogP contribution in [0.3, 0.4) is 0 Å². The van der Waals surface area contributed by atoms with Crippen molar-refractivity contribution in [3.63, 3.8) is 0 Å². The van der Waals surface area contributed by atoms with E-state index in [0.29, 0.717) is 12.1 Å². The molecule has 0 spiro atoms. The van der Waals surface area contributed by atoms with Gasteiger partial charge in [-0.25, -0.2) is 4.79 Å². The Morgan fingerprint density at radius 1 is 1.15 bits per heavy atom. The van der Waals surface area contributed by atoms with Gasteiger partial charge >= 0.3 is 6.09 Å². The van der Waals surface area contributed by atoms with E-state index in [1.165, 1.54) is 4.90 Å². The van der Waals surface area contributed by atoms with Gasteiger partial charge in [0, 0.05) is 6.54 Å². The minimum absolute atomic E-state index is 0.303. The second-order valence-corrected chi connectivity index (χ2v) is 9.84. The zero-order valence-corrected chi connectivity index (χ0v) is 21.8. The van der Waals surface area contributed by atoms with Gasteiger partial charge in [-0.2, -0.15) is 5.26 Å². The highest BCUT2D eigenvalue weighted by atomic mass is 16.6. The summed E-state index contributed by atoms with van der Waals surface area (Å²) in [5.41, 5.74) is 1.63. The number of unbranched alkanes of at least 4 members (excludes halogenated alkanes) is 1. The summed E-state index contributed by atoms with van der Waals surface area (Å²) < 4.78 is 5.34. The summed E-state index contributed by atoms with van der Waals surface area (Å²) in [6.07, 6.45) is 0.976. The fourth-order valence-electron chi connectivity index (χ4n) is 3.67. The van der Waals surface area contributed by atoms with Crippen LogP contribution in [0.25, 0.3) is 0 Å². The molecule has 3 amide bonds. The number of hydrogen-bond donors (Lipinski definition) is 2. The number of benzene rings is 1. The number of carbonyl (C=O) groups is 3. The Kier molecular flexibility index (Phi) is 11.0. The molecule has 0 aliphatic carbocycles. The summed E-state index contributed by atoms with van der Waals surface area (Å²) in [6.45, 7) is 14.7. The van der Waals surface area contributed by atoms with E-state index in [1.807, 2.05) is 45.0 Å². The first kappa shape index (κ1) is 29.0. The number of nitrogens with zero attached hydrogens (tertiary/aromatic N) is 2. The van der Waals surface area contributed by atoms with Gasteiger partial charge in [-0.15, -0.1) is 0 Å². The van der Waals surface area contributed by atoms with E-state index in [2.05, 4.69) is 10.6 Å². The topological polar surface area (TPSA) is 112 Å². The molecule has 0 radical (unpaired) electrons. The van der Waals surface area contributed by atoms with Crippen LogP contribution in [0, 0.1) is 31.1 Å². The van der Waals surface area contributed by atoms with Gasteiger partial charge in [0.1, 0.15) is 24.2 Å². The normalized spacial score (nSPS) is 12.9. The van der Waals surface area contributed by atoms with Gasteiger partial charge in [0.25, 0.3) is 0 Å². The number of nitrogens with one attached hydrogen (secondary N) is 2. The molecule has 0 aromatic heterocycles. The average Bonchev–Trinajstić information content (AvgIpc) is 2.71. The Hall–Kier alpha value is -3.08. The number of hydrogen-bond acceptors (Lipinski definition) is 5. The SMILES string of the molecule is CCCCNC(=O)C(c1c(C)cccc1C)N(CC#N)C(=O)C(NC(=O)OC(C)(C)C)C(C)C. The number of carbonyl (C=O) groups excluding carboxylic acids is 3. The number of aryl methyl sites for hydroxylation is 2. The summed E-state index contributed by atoms with van der Waals surface area (Å²) in [5.74, 6) is -1.17. The molecule has 8 nitrogen and oxygen atoms in total. The van der Waals surface area contributed by atoms with Crippen molar-refractivity contribution in [2.24, 2.45) is 5.92 Å². The molecule has 1 rings (SSSR count). The molecule has 2 unspecified atom stereocenters. The molecule has 0 heterocycles. The molecule has 0 aliphatic rings. The van der Waals surface area contributed by atoms with Gasteiger partial charge in [-0.05, 0) is 63.6 Å². The zero-order chi connectivity index (χ0) is 26.1. The highest BCUT2D eigenvalue weighted by Crippen LogP contribution is 2.29. The van der Waals surface area contributed by atoms with Crippen LogP contribution in [0.1, 0.15) is 77.1 Å². The van der Waals surface area contributed by atoms with Gasteiger partial charge in [0.15, 0.2) is 0 Å². The molecule has 0 aliphatic heterocycles. The molecule has 0 saturated carbocycles. The van der Waals surface area contributed by atoms with Crippen molar-refractivity contribution in [3.05, 3.63) is 34.9 Å². The largest absolute Gasteiger partial charge is 0.444 e. The van der Waals surface area contributed by atoms with E-state index in [4.69, 9.17) is 4.74 Å². The first-order chi connectivity index (χ1) is 15.8. The van der Waals surface area contributed by atoms with Gasteiger partial charge in [0.2, 0.25) is 11.8 Å². The third kappa shape index (κ3) is 8.36. The fraction of sp³-hybridized carbons (Fsp3) is 0.615. The van der Waals surface area contributed by atoms with E-state index in [1.54, 1.807) is 34.6 Å². The summed E-state index contributed by atoms with van der Waals surface area (Å²) in [6, 6.07) is 5.69. The van der Waals surface area contributed by atoms with Crippen molar-refractivity contribution in [2.75, 3.05) is 13.1 Å². The lowest BCUT2D eigenvalue weighted by Crippen LogP contribution is -2.55. The van der Waals surface area contributed by atoms with Crippen LogP contribution in [-0.4, -0.2) is 47.5 Å². The monoisotopic (exact) mass is 472 g/mol. The van der Waals surface area contributed by atoms with Crippen LogP contribution in [0.2, 0.25) is 0 Å². The molecule has 188 valence electrons. The van der Waals surface area contributed by atoms with Gasteiger partial charge in [-0.1, -0.05) is 45.4 Å². The fourth-order valence-corrected chi connectivity index (χ4v) is 3.67. The van der Waals surface area contributed by atoms with E-state index in [9.17, 15) is 19.6 Å². The molecule has 1 aromatic rings. The van der Waals surface area contributed by atoms with Crippen molar-refractivity contribution in [2.45, 2.75) is 85.9 Å². The van der Waals surface area contributed by atoms with Crippen molar-refractivity contribution in [3.8, 4) is 6.07 Å². The highest BCUT2D eigenvalue weighted by molar-refractivity contribution is 5.92. The standard InChI is InChI=1S/C26H40N4O4/c1-9-10-15-28-23(31)22(20-18(4)12-11-13-19(20)5)30(16-14-27)24(32)21(17(2)3)29-25(33)34-26(6,7)8/h11-13,17,21-22H,9-10,15-16H2,1-8H3,(H,28,31)(H,29,33). The van der Waals surface area contributed by atoms with Crippen LogP contribution >= 0.6 is 0 Å². The number of alkyl carbamates (subject to hydrolysis) is 1. The van der Waals surface area contributed by atoms with E-state index in [0.717, 1.165) is 24.0 Å². The Bertz CT molecular complexity index is 879. The smallest absolute Gasteiger partial charge is 0.408 e. The molecule has 2 atom stereocenters. The lowest BCUT2D eigenvalue weighted by atomic mass is 9.92. The molecule has 0 fully saturated rings. The number of ether oxygens (including phenoxy) is 1. The van der Waals surface area contributed by atoms with Crippen LogP contribution in [0.15, 0.2) is 18.2 Å². The van der Waals surface area contributed by atoms with Gasteiger partial charge < -0.3 is 20.3 Å². The van der Waals surface area contributed by atoms with E-state index >= 15 is 0 Å². The molecular formula is C26H40N4O4. The molecule has 1 aromatic carbocycles. The van der Waals surface area contributed by atoms with Crippen molar-refractivity contribution >= 4 is 17.9 Å². The maximum absolute atomic E-state index is 13.8.